The van der Waals surface area contributed by atoms with E-state index in [2.05, 4.69) is 24.9 Å². The molecule has 37 heavy (non-hydrogen) atoms. The number of ether oxygens (including phenoxy) is 1. The smallest absolute Gasteiger partial charge is 0.316 e. The number of H-pyrrole nitrogens is 1. The molecular formula is C23H18FN7O4S2. The summed E-state index contributed by atoms with van der Waals surface area (Å²) in [7, 11) is -2.57. The standard InChI is InChI=1S/C23H18FN7O4S2/c1-35-23-29-7-14(8-30-23)13-5-16-17(9-28-22(16)27-6-13)21(32)15-3-2-4-18(20(15)24)31(12-37(25,33)34)19-10-26-11-36-19/h2-11H,12H2,1H3,(H,27,28)(H2,25,33,34). The van der Waals surface area contributed by atoms with Crippen LogP contribution < -0.4 is 14.8 Å². The average molecular weight is 540 g/mol. The molecule has 0 saturated carbocycles. The van der Waals surface area contributed by atoms with Crippen LogP contribution in [-0.2, 0) is 10.0 Å². The van der Waals surface area contributed by atoms with Gasteiger partial charge < -0.3 is 14.6 Å². The second-order valence-electron chi connectivity index (χ2n) is 7.81. The average Bonchev–Trinajstić information content (AvgIpc) is 3.57. The molecule has 1 aromatic carbocycles. The number of nitrogens with two attached hydrogens (primary N) is 1. The third-order valence-electron chi connectivity index (χ3n) is 5.43. The molecule has 0 unspecified atom stereocenters. The molecule has 0 atom stereocenters. The van der Waals surface area contributed by atoms with E-state index in [1.54, 1.807) is 24.7 Å². The van der Waals surface area contributed by atoms with E-state index in [9.17, 15) is 13.2 Å². The SMILES string of the molecule is COc1ncc(-c2cnc3[nH]cc(C(=O)c4cccc(N(CS(N)(=O)=O)c5cncs5)c4F)c3c2)cn1. The Morgan fingerprint density at radius 1 is 1.14 bits per heavy atom. The Labute approximate surface area is 213 Å². The first-order chi connectivity index (χ1) is 17.7. The van der Waals surface area contributed by atoms with E-state index in [1.165, 1.54) is 43.2 Å². The van der Waals surface area contributed by atoms with Gasteiger partial charge in [0.2, 0.25) is 10.0 Å². The summed E-state index contributed by atoms with van der Waals surface area (Å²) in [4.78, 5) is 34.1. The molecule has 4 aromatic heterocycles. The maximum atomic E-state index is 15.8. The number of rotatable bonds is 8. The Hall–Kier alpha value is -4.27. The monoisotopic (exact) mass is 539 g/mol. The summed E-state index contributed by atoms with van der Waals surface area (Å²) in [6.45, 7) is 0. The van der Waals surface area contributed by atoms with Crippen molar-refractivity contribution < 1.29 is 22.3 Å². The molecule has 0 aliphatic carbocycles. The van der Waals surface area contributed by atoms with Crippen LogP contribution in [0.25, 0.3) is 22.2 Å². The van der Waals surface area contributed by atoms with Gasteiger partial charge >= 0.3 is 6.01 Å². The minimum Gasteiger partial charge on any atom is -0.467 e. The lowest BCUT2D eigenvalue weighted by atomic mass is 10.0. The fraction of sp³-hybridized carbons (Fsp3) is 0.0870. The maximum absolute atomic E-state index is 15.8. The number of carbonyl (C=O) groups is 1. The molecule has 0 aliphatic rings. The van der Waals surface area contributed by atoms with Gasteiger partial charge in [-0.25, -0.2) is 32.9 Å². The normalized spacial score (nSPS) is 11.5. The van der Waals surface area contributed by atoms with E-state index in [0.29, 0.717) is 27.2 Å². The minimum absolute atomic E-state index is 0.127. The van der Waals surface area contributed by atoms with Crippen LogP contribution in [0.2, 0.25) is 0 Å². The number of nitrogens with zero attached hydrogens (tertiary/aromatic N) is 5. The molecule has 0 aliphatic heterocycles. The number of ketones is 1. The van der Waals surface area contributed by atoms with Crippen LogP contribution >= 0.6 is 11.3 Å². The van der Waals surface area contributed by atoms with Crippen LogP contribution in [0.4, 0.5) is 15.1 Å². The van der Waals surface area contributed by atoms with Gasteiger partial charge in [-0.05, 0) is 18.2 Å². The number of primary sulfonamides is 1. The van der Waals surface area contributed by atoms with Gasteiger partial charge in [0, 0.05) is 46.9 Å². The van der Waals surface area contributed by atoms with Crippen LogP contribution in [0, 0.1) is 5.82 Å². The molecule has 0 spiro atoms. The predicted octanol–water partition coefficient (Wildman–Crippen LogP) is 3.24. The number of aromatic nitrogens is 5. The number of benzene rings is 1. The molecule has 0 saturated heterocycles. The molecular weight excluding hydrogens is 521 g/mol. The zero-order valence-electron chi connectivity index (χ0n) is 19.1. The molecule has 14 heteroatoms. The molecule has 5 rings (SSSR count). The first kappa shape index (κ1) is 24.4. The van der Waals surface area contributed by atoms with E-state index in [1.807, 2.05) is 0 Å². The molecule has 0 radical (unpaired) electrons. The molecule has 0 fully saturated rings. The fourth-order valence-corrected chi connectivity index (χ4v) is 5.10. The van der Waals surface area contributed by atoms with E-state index in [4.69, 9.17) is 9.88 Å². The Morgan fingerprint density at radius 2 is 1.89 bits per heavy atom. The summed E-state index contributed by atoms with van der Waals surface area (Å²) in [6.07, 6.45) is 7.56. The van der Waals surface area contributed by atoms with Crippen molar-refractivity contribution >= 4 is 48.9 Å². The van der Waals surface area contributed by atoms with Crippen molar-refractivity contribution in [1.29, 1.82) is 0 Å². The third-order valence-corrected chi connectivity index (χ3v) is 6.84. The summed E-state index contributed by atoms with van der Waals surface area (Å²) in [6, 6.07) is 6.10. The summed E-state index contributed by atoms with van der Waals surface area (Å²) < 4.78 is 44.5. The van der Waals surface area contributed by atoms with Crippen molar-refractivity contribution in [3.63, 3.8) is 0 Å². The van der Waals surface area contributed by atoms with Crippen LogP contribution in [0.3, 0.4) is 0 Å². The number of pyridine rings is 1. The Balaban J connectivity index is 1.56. The molecule has 11 nitrogen and oxygen atoms in total. The quantitative estimate of drug-likeness (QED) is 0.282. The zero-order chi connectivity index (χ0) is 26.2. The summed E-state index contributed by atoms with van der Waals surface area (Å²) in [5.74, 6) is -2.21. The van der Waals surface area contributed by atoms with Crippen molar-refractivity contribution in [3.05, 3.63) is 77.7 Å². The van der Waals surface area contributed by atoms with Gasteiger partial charge in [-0.1, -0.05) is 6.07 Å². The lowest BCUT2D eigenvalue weighted by Crippen LogP contribution is -2.30. The van der Waals surface area contributed by atoms with Crippen LogP contribution in [0.1, 0.15) is 15.9 Å². The molecule has 188 valence electrons. The van der Waals surface area contributed by atoms with E-state index >= 15 is 4.39 Å². The number of fused-ring (bicyclic) bond motifs is 1. The number of sulfonamides is 1. The largest absolute Gasteiger partial charge is 0.467 e. The van der Waals surface area contributed by atoms with Gasteiger partial charge in [-0.2, -0.15) is 0 Å². The predicted molar refractivity (Wildman–Crippen MR) is 136 cm³/mol. The number of thiazole rings is 1. The number of hydrogen-bond acceptors (Lipinski definition) is 10. The van der Waals surface area contributed by atoms with Gasteiger partial charge in [-0.3, -0.25) is 9.78 Å². The van der Waals surface area contributed by atoms with Crippen LogP contribution in [0.15, 0.2) is 60.8 Å². The number of carbonyl (C=O) groups excluding carboxylic acids is 1. The highest BCUT2D eigenvalue weighted by Gasteiger charge is 2.25. The van der Waals surface area contributed by atoms with Crippen LogP contribution in [0.5, 0.6) is 6.01 Å². The highest BCUT2D eigenvalue weighted by Crippen LogP contribution is 2.34. The number of nitrogens with one attached hydrogen (secondary N) is 1. The first-order valence-electron chi connectivity index (χ1n) is 10.6. The van der Waals surface area contributed by atoms with E-state index in [0.717, 1.165) is 16.2 Å². The fourth-order valence-electron chi connectivity index (χ4n) is 3.74. The Morgan fingerprint density at radius 3 is 2.57 bits per heavy atom. The summed E-state index contributed by atoms with van der Waals surface area (Å²) in [5, 5.41) is 6.06. The first-order valence-corrected chi connectivity index (χ1v) is 13.2. The number of hydrogen-bond donors (Lipinski definition) is 2. The van der Waals surface area contributed by atoms with Crippen molar-refractivity contribution in [2.24, 2.45) is 5.14 Å². The van der Waals surface area contributed by atoms with Gasteiger partial charge in [0.05, 0.1) is 30.1 Å². The van der Waals surface area contributed by atoms with Gasteiger partial charge in [-0.15, -0.1) is 11.3 Å². The van der Waals surface area contributed by atoms with Crippen molar-refractivity contribution in [3.8, 4) is 17.1 Å². The highest BCUT2D eigenvalue weighted by atomic mass is 32.2. The number of methoxy groups -OCH3 is 1. The van der Waals surface area contributed by atoms with E-state index < -0.39 is 27.5 Å². The summed E-state index contributed by atoms with van der Waals surface area (Å²) >= 11 is 1.10. The number of aromatic amines is 1. The maximum Gasteiger partial charge on any atom is 0.316 e. The van der Waals surface area contributed by atoms with Crippen LogP contribution in [-0.4, -0.2) is 52.1 Å². The van der Waals surface area contributed by atoms with Gasteiger partial charge in [0.1, 0.15) is 16.5 Å². The highest BCUT2D eigenvalue weighted by molar-refractivity contribution is 7.89. The third kappa shape index (κ3) is 4.89. The lowest BCUT2D eigenvalue weighted by Gasteiger charge is -2.22. The Bertz CT molecular complexity index is 1710. The molecule has 3 N–H and O–H groups in total. The lowest BCUT2D eigenvalue weighted by molar-refractivity contribution is 0.103. The molecule has 0 amide bonds. The molecule has 4 heterocycles. The zero-order valence-corrected chi connectivity index (χ0v) is 20.8. The summed E-state index contributed by atoms with van der Waals surface area (Å²) in [5.41, 5.74) is 3.00. The second kappa shape index (κ2) is 9.65. The number of halogens is 1. The van der Waals surface area contributed by atoms with E-state index in [-0.39, 0.29) is 22.8 Å². The van der Waals surface area contributed by atoms with Crippen molar-refractivity contribution in [2.75, 3.05) is 17.9 Å². The molecule has 0 bridgehead atoms. The Kier molecular flexibility index (Phi) is 6.37. The minimum atomic E-state index is -4.03. The second-order valence-corrected chi connectivity index (χ2v) is 10.3. The molecule has 5 aromatic rings. The van der Waals surface area contributed by atoms with Gasteiger partial charge in [0.15, 0.2) is 11.6 Å². The van der Waals surface area contributed by atoms with Crippen molar-refractivity contribution in [2.45, 2.75) is 0 Å². The number of anilines is 2. The van der Waals surface area contributed by atoms with Gasteiger partial charge in [0.25, 0.3) is 0 Å². The topological polar surface area (TPSA) is 157 Å². The van der Waals surface area contributed by atoms with Crippen molar-refractivity contribution in [1.82, 2.24) is 24.9 Å².